The first-order valence-electron chi connectivity index (χ1n) is 6.88. The van der Waals surface area contributed by atoms with Crippen LogP contribution in [0.3, 0.4) is 0 Å². The normalized spacial score (nSPS) is 18.4. The van der Waals surface area contributed by atoms with Gasteiger partial charge in [-0.25, -0.2) is 4.98 Å². The Morgan fingerprint density at radius 3 is 2.86 bits per heavy atom. The van der Waals surface area contributed by atoms with E-state index >= 15 is 0 Å². The van der Waals surface area contributed by atoms with Crippen LogP contribution in [0.1, 0.15) is 27.2 Å². The lowest BCUT2D eigenvalue weighted by molar-refractivity contribution is 0.0277. The summed E-state index contributed by atoms with van der Waals surface area (Å²) >= 11 is 1.47. The summed E-state index contributed by atoms with van der Waals surface area (Å²) in [6.45, 7) is 4.34. The second kappa shape index (κ2) is 6.34. The van der Waals surface area contributed by atoms with Crippen LogP contribution in [0.2, 0.25) is 0 Å². The summed E-state index contributed by atoms with van der Waals surface area (Å²) in [5.74, 6) is -0.178. The molecule has 2 heterocycles. The Bertz CT molecular complexity index is 618. The number of carbonyl (C=O) groups is 1. The largest absolute Gasteiger partial charge is 0.371 e. The molecule has 0 bridgehead atoms. The van der Waals surface area contributed by atoms with E-state index in [0.717, 1.165) is 36.0 Å². The van der Waals surface area contributed by atoms with E-state index in [1.54, 1.807) is 5.38 Å². The quantitative estimate of drug-likeness (QED) is 0.914. The van der Waals surface area contributed by atoms with Crippen LogP contribution in [-0.4, -0.2) is 30.6 Å². The second-order valence-corrected chi connectivity index (χ2v) is 5.95. The van der Waals surface area contributed by atoms with E-state index < -0.39 is 0 Å². The van der Waals surface area contributed by atoms with Crippen LogP contribution < -0.4 is 10.6 Å². The van der Waals surface area contributed by atoms with Crippen molar-refractivity contribution >= 4 is 22.9 Å². The summed E-state index contributed by atoms with van der Waals surface area (Å²) in [6, 6.07) is 7.76. The van der Waals surface area contributed by atoms with Crippen LogP contribution in [0.4, 0.5) is 5.69 Å². The first-order valence-corrected chi connectivity index (χ1v) is 7.76. The molecule has 0 saturated carbocycles. The number of nitrogens with one attached hydrogen (secondary N) is 2. The number of carbonyl (C=O) groups excluding carboxylic acids is 1. The predicted octanol–water partition coefficient (Wildman–Crippen LogP) is 2.36. The van der Waals surface area contributed by atoms with E-state index in [9.17, 15) is 4.79 Å². The molecule has 1 aliphatic rings. The minimum absolute atomic E-state index is 0.0877. The maximum atomic E-state index is 12.0. The third kappa shape index (κ3) is 3.47. The number of hydrogen-bond acceptors (Lipinski definition) is 5. The highest BCUT2D eigenvalue weighted by Gasteiger charge is 2.15. The van der Waals surface area contributed by atoms with Crippen LogP contribution in [0.15, 0.2) is 29.6 Å². The Labute approximate surface area is 127 Å². The van der Waals surface area contributed by atoms with Crippen LogP contribution in [-0.2, 0) is 4.74 Å². The Kier molecular flexibility index (Phi) is 4.28. The van der Waals surface area contributed by atoms with Crippen molar-refractivity contribution in [1.29, 1.82) is 0 Å². The fraction of sp³-hybridized carbons (Fsp3) is 0.333. The van der Waals surface area contributed by atoms with Crippen molar-refractivity contribution in [1.82, 2.24) is 10.3 Å². The zero-order valence-corrected chi connectivity index (χ0v) is 12.6. The summed E-state index contributed by atoms with van der Waals surface area (Å²) in [5.41, 5.74) is 2.34. The summed E-state index contributed by atoms with van der Waals surface area (Å²) in [4.78, 5) is 16.2. The Hall–Kier alpha value is -1.76. The molecule has 110 valence electrons. The molecular weight excluding hydrogens is 286 g/mol. The van der Waals surface area contributed by atoms with Gasteiger partial charge in [0.2, 0.25) is 0 Å². The van der Waals surface area contributed by atoms with E-state index in [1.165, 1.54) is 11.3 Å². The minimum Gasteiger partial charge on any atom is -0.371 e. The topological polar surface area (TPSA) is 63.2 Å². The van der Waals surface area contributed by atoms with E-state index in [0.29, 0.717) is 5.69 Å². The summed E-state index contributed by atoms with van der Waals surface area (Å²) < 4.78 is 5.70. The molecule has 3 rings (SSSR count). The molecule has 1 aliphatic heterocycles. The standard InChI is InChI=1S/C15H17N3O2S/c1-10-17-13(9-21-10)15(19)18-12-4-2-11(3-5-12)14-8-16-6-7-20-14/h2-5,9,14,16H,6-8H2,1H3,(H,18,19)/t14-/m1/s1. The highest BCUT2D eigenvalue weighted by Crippen LogP contribution is 2.21. The predicted molar refractivity (Wildman–Crippen MR) is 82.8 cm³/mol. The van der Waals surface area contributed by atoms with Crippen molar-refractivity contribution in [2.24, 2.45) is 0 Å². The molecule has 1 aromatic heterocycles. The third-order valence-electron chi connectivity index (χ3n) is 3.32. The highest BCUT2D eigenvalue weighted by molar-refractivity contribution is 7.09. The van der Waals surface area contributed by atoms with Crippen molar-refractivity contribution in [3.63, 3.8) is 0 Å². The SMILES string of the molecule is Cc1nc(C(=O)Nc2ccc([C@H]3CNCCO3)cc2)cs1. The van der Waals surface area contributed by atoms with Gasteiger partial charge in [-0.05, 0) is 24.6 Å². The molecule has 1 fully saturated rings. The first kappa shape index (κ1) is 14.2. The smallest absolute Gasteiger partial charge is 0.275 e. The van der Waals surface area contributed by atoms with Crippen LogP contribution >= 0.6 is 11.3 Å². The molecule has 21 heavy (non-hydrogen) atoms. The Balaban J connectivity index is 1.65. The van der Waals surface area contributed by atoms with E-state index in [-0.39, 0.29) is 12.0 Å². The van der Waals surface area contributed by atoms with Crippen molar-refractivity contribution in [2.75, 3.05) is 25.0 Å². The number of ether oxygens (including phenoxy) is 1. The van der Waals surface area contributed by atoms with Gasteiger partial charge in [-0.1, -0.05) is 12.1 Å². The number of nitrogens with zero attached hydrogens (tertiary/aromatic N) is 1. The van der Waals surface area contributed by atoms with E-state index in [2.05, 4.69) is 15.6 Å². The van der Waals surface area contributed by atoms with Gasteiger partial charge in [-0.3, -0.25) is 4.79 Å². The molecule has 0 radical (unpaired) electrons. The second-order valence-electron chi connectivity index (χ2n) is 4.89. The van der Waals surface area contributed by atoms with Crippen molar-refractivity contribution < 1.29 is 9.53 Å². The highest BCUT2D eigenvalue weighted by atomic mass is 32.1. The summed E-state index contributed by atoms with van der Waals surface area (Å²) in [6.07, 6.45) is 0.0877. The number of benzene rings is 1. The molecule has 1 saturated heterocycles. The van der Waals surface area contributed by atoms with Gasteiger partial charge in [0, 0.05) is 24.2 Å². The zero-order valence-electron chi connectivity index (χ0n) is 11.8. The number of morpholine rings is 1. The number of amides is 1. The van der Waals surface area contributed by atoms with Gasteiger partial charge >= 0.3 is 0 Å². The molecule has 1 amide bonds. The molecule has 2 aromatic rings. The van der Waals surface area contributed by atoms with Crippen molar-refractivity contribution in [3.05, 3.63) is 45.9 Å². The number of aromatic nitrogens is 1. The number of anilines is 1. The number of hydrogen-bond donors (Lipinski definition) is 2. The minimum atomic E-state index is -0.178. The van der Waals surface area contributed by atoms with Crippen molar-refractivity contribution in [3.8, 4) is 0 Å². The summed E-state index contributed by atoms with van der Waals surface area (Å²) in [5, 5.41) is 8.80. The van der Waals surface area contributed by atoms with Gasteiger partial charge in [0.1, 0.15) is 5.69 Å². The molecule has 5 nitrogen and oxygen atoms in total. The van der Waals surface area contributed by atoms with Crippen LogP contribution in [0.25, 0.3) is 0 Å². The number of aryl methyl sites for hydroxylation is 1. The monoisotopic (exact) mass is 303 g/mol. The molecule has 0 unspecified atom stereocenters. The molecule has 6 heteroatoms. The van der Waals surface area contributed by atoms with Gasteiger partial charge < -0.3 is 15.4 Å². The molecule has 1 atom stereocenters. The van der Waals surface area contributed by atoms with Crippen molar-refractivity contribution in [2.45, 2.75) is 13.0 Å². The van der Waals surface area contributed by atoms with E-state index in [4.69, 9.17) is 4.74 Å². The van der Waals surface area contributed by atoms with Gasteiger partial charge in [-0.15, -0.1) is 11.3 Å². The lowest BCUT2D eigenvalue weighted by Gasteiger charge is -2.24. The van der Waals surface area contributed by atoms with Gasteiger partial charge in [0.25, 0.3) is 5.91 Å². The zero-order chi connectivity index (χ0) is 14.7. The Morgan fingerprint density at radius 2 is 2.24 bits per heavy atom. The fourth-order valence-electron chi connectivity index (χ4n) is 2.22. The maximum Gasteiger partial charge on any atom is 0.275 e. The lowest BCUT2D eigenvalue weighted by atomic mass is 10.1. The average Bonchev–Trinajstić information content (AvgIpc) is 2.96. The van der Waals surface area contributed by atoms with Gasteiger partial charge in [0.05, 0.1) is 17.7 Å². The van der Waals surface area contributed by atoms with Crippen LogP contribution in [0, 0.1) is 6.92 Å². The van der Waals surface area contributed by atoms with E-state index in [1.807, 2.05) is 31.2 Å². The van der Waals surface area contributed by atoms with Gasteiger partial charge in [0.15, 0.2) is 0 Å². The molecule has 0 aliphatic carbocycles. The number of thiazole rings is 1. The lowest BCUT2D eigenvalue weighted by Crippen LogP contribution is -2.33. The fourth-order valence-corrected chi connectivity index (χ4v) is 2.82. The Morgan fingerprint density at radius 1 is 1.43 bits per heavy atom. The molecule has 0 spiro atoms. The van der Waals surface area contributed by atoms with Gasteiger partial charge in [-0.2, -0.15) is 0 Å². The van der Waals surface area contributed by atoms with Crippen LogP contribution in [0.5, 0.6) is 0 Å². The molecule has 1 aromatic carbocycles. The molecule has 2 N–H and O–H groups in total. The first-order chi connectivity index (χ1) is 10.2. The maximum absolute atomic E-state index is 12.0. The number of rotatable bonds is 3. The summed E-state index contributed by atoms with van der Waals surface area (Å²) in [7, 11) is 0. The molecular formula is C15H17N3O2S. The average molecular weight is 303 g/mol. The third-order valence-corrected chi connectivity index (χ3v) is 4.09.